The Morgan fingerprint density at radius 1 is 1.53 bits per heavy atom. The smallest absolute Gasteiger partial charge is 0.256 e. The Hall–Kier alpha value is -1.24. The molecule has 2 rings (SSSR count). The van der Waals surface area contributed by atoms with Crippen LogP contribution in [0.15, 0.2) is 18.2 Å². The molecule has 15 heavy (non-hydrogen) atoms. The van der Waals surface area contributed by atoms with Crippen molar-refractivity contribution in [2.45, 2.75) is 6.04 Å². The van der Waals surface area contributed by atoms with Crippen molar-refractivity contribution in [2.75, 3.05) is 6.54 Å². The molecule has 1 unspecified atom stereocenters. The van der Waals surface area contributed by atoms with Crippen molar-refractivity contribution in [1.82, 2.24) is 4.90 Å². The Morgan fingerprint density at radius 3 is 2.80 bits per heavy atom. The van der Waals surface area contributed by atoms with Crippen molar-refractivity contribution in [3.05, 3.63) is 33.8 Å². The van der Waals surface area contributed by atoms with Gasteiger partial charge in [-0.25, -0.2) is 0 Å². The Kier molecular flexibility index (Phi) is 2.56. The molecule has 0 saturated carbocycles. The average molecular weight is 241 g/mol. The molecule has 0 spiro atoms. The first-order valence-electron chi connectivity index (χ1n) is 4.29. The van der Waals surface area contributed by atoms with E-state index in [1.807, 2.05) is 6.07 Å². The van der Waals surface area contributed by atoms with Gasteiger partial charge in [0.05, 0.1) is 23.2 Å². The zero-order valence-corrected chi connectivity index (χ0v) is 9.09. The molecule has 0 aliphatic carbocycles. The number of carbonyl (C=O) groups is 1. The van der Waals surface area contributed by atoms with E-state index in [0.29, 0.717) is 22.2 Å². The number of halogens is 2. The largest absolute Gasteiger partial charge is 0.318 e. The van der Waals surface area contributed by atoms with Crippen LogP contribution in [-0.2, 0) is 0 Å². The topological polar surface area (TPSA) is 43.9 Å². The van der Waals surface area contributed by atoms with Crippen LogP contribution < -0.4 is 0 Å². The second kappa shape index (κ2) is 3.73. The zero-order chi connectivity index (χ0) is 11.0. The molecule has 0 bridgehead atoms. The summed E-state index contributed by atoms with van der Waals surface area (Å²) in [7, 11) is 0. The molecule has 1 amide bonds. The summed E-state index contributed by atoms with van der Waals surface area (Å²) in [6.07, 6.45) is 0. The highest BCUT2D eigenvalue weighted by Crippen LogP contribution is 2.26. The van der Waals surface area contributed by atoms with Crippen LogP contribution in [0.1, 0.15) is 10.4 Å². The Morgan fingerprint density at radius 2 is 2.27 bits per heavy atom. The number of rotatable bonds is 1. The van der Waals surface area contributed by atoms with Gasteiger partial charge in [0, 0.05) is 5.02 Å². The molecule has 1 fully saturated rings. The van der Waals surface area contributed by atoms with Crippen molar-refractivity contribution in [1.29, 1.82) is 5.26 Å². The van der Waals surface area contributed by atoms with E-state index in [1.54, 1.807) is 12.1 Å². The van der Waals surface area contributed by atoms with E-state index in [9.17, 15) is 4.79 Å². The summed E-state index contributed by atoms with van der Waals surface area (Å²) in [4.78, 5) is 13.2. The number of nitrogens with zero attached hydrogens (tertiary/aromatic N) is 2. The highest BCUT2D eigenvalue weighted by atomic mass is 35.5. The molecule has 1 atom stereocenters. The fraction of sp³-hybridized carbons (Fsp3) is 0.200. The minimum Gasteiger partial charge on any atom is -0.318 e. The minimum atomic E-state index is -0.302. The predicted molar refractivity (Wildman–Crippen MR) is 56.9 cm³/mol. The molecule has 1 aromatic carbocycles. The third kappa shape index (κ3) is 1.92. The van der Waals surface area contributed by atoms with Crippen LogP contribution in [0.3, 0.4) is 0 Å². The van der Waals surface area contributed by atoms with Crippen LogP contribution in [-0.4, -0.2) is 23.4 Å². The van der Waals surface area contributed by atoms with Gasteiger partial charge in [-0.05, 0) is 18.2 Å². The summed E-state index contributed by atoms with van der Waals surface area (Å²) in [5.74, 6) is -0.219. The summed E-state index contributed by atoms with van der Waals surface area (Å²) in [5, 5.41) is 9.39. The fourth-order valence-corrected chi connectivity index (χ4v) is 1.78. The summed E-state index contributed by atoms with van der Waals surface area (Å²) >= 11 is 11.6. The van der Waals surface area contributed by atoms with Gasteiger partial charge in [0.25, 0.3) is 5.91 Å². The first-order chi connectivity index (χ1) is 7.13. The van der Waals surface area contributed by atoms with Crippen LogP contribution in [0.2, 0.25) is 10.0 Å². The molecule has 3 nitrogen and oxygen atoms in total. The van der Waals surface area contributed by atoms with Gasteiger partial charge in [0.15, 0.2) is 0 Å². The maximum absolute atomic E-state index is 11.8. The van der Waals surface area contributed by atoms with Crippen molar-refractivity contribution < 1.29 is 4.79 Å². The lowest BCUT2D eigenvalue weighted by atomic mass is 10.2. The molecule has 0 aromatic heterocycles. The number of hydrogen-bond acceptors (Lipinski definition) is 2. The van der Waals surface area contributed by atoms with E-state index >= 15 is 0 Å². The molecule has 1 aromatic rings. The quantitative estimate of drug-likeness (QED) is 0.708. The minimum absolute atomic E-state index is 0.219. The molecule has 0 N–H and O–H groups in total. The van der Waals surface area contributed by atoms with Crippen LogP contribution in [0.4, 0.5) is 0 Å². The van der Waals surface area contributed by atoms with Crippen LogP contribution in [0.25, 0.3) is 0 Å². The summed E-state index contributed by atoms with van der Waals surface area (Å²) < 4.78 is 0. The van der Waals surface area contributed by atoms with Gasteiger partial charge >= 0.3 is 0 Å². The van der Waals surface area contributed by atoms with Crippen molar-refractivity contribution in [2.24, 2.45) is 0 Å². The van der Waals surface area contributed by atoms with E-state index in [1.165, 1.54) is 11.0 Å². The Labute approximate surface area is 96.8 Å². The normalized spacial score (nSPS) is 18.5. The van der Waals surface area contributed by atoms with E-state index in [-0.39, 0.29) is 11.9 Å². The number of carbonyl (C=O) groups excluding carboxylic acids is 1. The summed E-state index contributed by atoms with van der Waals surface area (Å²) in [5.41, 5.74) is 0.388. The van der Waals surface area contributed by atoms with Gasteiger partial charge in [-0.2, -0.15) is 5.26 Å². The molecule has 0 radical (unpaired) electrons. The third-order valence-corrected chi connectivity index (χ3v) is 2.73. The van der Waals surface area contributed by atoms with E-state index in [0.717, 1.165) is 0 Å². The van der Waals surface area contributed by atoms with Crippen molar-refractivity contribution >= 4 is 29.1 Å². The van der Waals surface area contributed by atoms with Gasteiger partial charge < -0.3 is 4.90 Å². The Bertz CT molecular complexity index is 467. The first-order valence-corrected chi connectivity index (χ1v) is 5.04. The maximum atomic E-state index is 11.8. The van der Waals surface area contributed by atoms with Crippen LogP contribution in [0.5, 0.6) is 0 Å². The molecule has 1 heterocycles. The number of amides is 1. The van der Waals surface area contributed by atoms with Gasteiger partial charge in [-0.15, -0.1) is 0 Å². The zero-order valence-electron chi connectivity index (χ0n) is 7.58. The molecular formula is C10H6Cl2N2O. The van der Waals surface area contributed by atoms with Crippen molar-refractivity contribution in [3.8, 4) is 6.07 Å². The van der Waals surface area contributed by atoms with Gasteiger partial charge in [0.2, 0.25) is 0 Å². The molecule has 1 saturated heterocycles. The average Bonchev–Trinajstić information content (AvgIpc) is 2.95. The van der Waals surface area contributed by atoms with Gasteiger partial charge in [-0.1, -0.05) is 23.2 Å². The summed E-state index contributed by atoms with van der Waals surface area (Å²) in [6, 6.07) is 6.39. The first kappa shape index (κ1) is 10.3. The molecular weight excluding hydrogens is 235 g/mol. The fourth-order valence-electron chi connectivity index (χ4n) is 1.29. The lowest BCUT2D eigenvalue weighted by Crippen LogP contribution is -2.13. The van der Waals surface area contributed by atoms with Crippen LogP contribution >= 0.6 is 23.2 Å². The van der Waals surface area contributed by atoms with Crippen molar-refractivity contribution in [3.63, 3.8) is 0 Å². The van der Waals surface area contributed by atoms with E-state index in [2.05, 4.69) is 0 Å². The number of hydrogen-bond donors (Lipinski definition) is 0. The molecule has 1 aliphatic heterocycles. The second-order valence-corrected chi connectivity index (χ2v) is 4.07. The standard InChI is InChI=1S/C10H6Cl2N2O/c11-6-1-2-8(9(12)3-6)10(15)14-5-7(14)4-13/h1-3,7H,5H2. The third-order valence-electron chi connectivity index (χ3n) is 2.18. The summed E-state index contributed by atoms with van der Waals surface area (Å²) in [6.45, 7) is 0.480. The highest BCUT2D eigenvalue weighted by Gasteiger charge is 2.39. The SMILES string of the molecule is N#CC1CN1C(=O)c1ccc(Cl)cc1Cl. The predicted octanol–water partition coefficient (Wildman–Crippen LogP) is 2.34. The second-order valence-electron chi connectivity index (χ2n) is 3.23. The highest BCUT2D eigenvalue weighted by molar-refractivity contribution is 6.36. The van der Waals surface area contributed by atoms with Gasteiger partial charge in [-0.3, -0.25) is 4.79 Å². The van der Waals surface area contributed by atoms with Crippen LogP contribution in [0, 0.1) is 11.3 Å². The maximum Gasteiger partial charge on any atom is 0.256 e. The van der Waals surface area contributed by atoms with E-state index in [4.69, 9.17) is 28.5 Å². The lowest BCUT2D eigenvalue weighted by molar-refractivity contribution is 0.0880. The van der Waals surface area contributed by atoms with Gasteiger partial charge in [0.1, 0.15) is 6.04 Å². The molecule has 76 valence electrons. The lowest BCUT2D eigenvalue weighted by Gasteiger charge is -2.04. The monoisotopic (exact) mass is 240 g/mol. The molecule has 5 heteroatoms. The number of nitriles is 1. The number of benzene rings is 1. The molecule has 1 aliphatic rings. The Balaban J connectivity index is 2.24. The van der Waals surface area contributed by atoms with E-state index < -0.39 is 0 Å².